The van der Waals surface area contributed by atoms with Gasteiger partial charge in [0.2, 0.25) is 11.8 Å². The zero-order valence-electron chi connectivity index (χ0n) is 15.3. The number of benzene rings is 1. The summed E-state index contributed by atoms with van der Waals surface area (Å²) in [5.74, 6) is 1.88. The van der Waals surface area contributed by atoms with Gasteiger partial charge in [-0.15, -0.1) is 0 Å². The SMILES string of the molecule is Cc1nc(C2(NC(=O)c3ccc(Oc4ccccc4Br)nc3)CCCC2)no1. The second-order valence-corrected chi connectivity index (χ2v) is 7.65. The highest BCUT2D eigenvalue weighted by molar-refractivity contribution is 9.10. The van der Waals surface area contributed by atoms with Crippen LogP contribution in [-0.2, 0) is 5.54 Å². The zero-order valence-corrected chi connectivity index (χ0v) is 16.9. The van der Waals surface area contributed by atoms with E-state index in [1.54, 1.807) is 19.1 Å². The summed E-state index contributed by atoms with van der Waals surface area (Å²) in [6.45, 7) is 1.74. The van der Waals surface area contributed by atoms with Gasteiger partial charge in [-0.05, 0) is 47.0 Å². The van der Waals surface area contributed by atoms with Crippen molar-refractivity contribution in [3.63, 3.8) is 0 Å². The van der Waals surface area contributed by atoms with Crippen LogP contribution >= 0.6 is 15.9 Å². The van der Waals surface area contributed by atoms with Crippen molar-refractivity contribution in [1.29, 1.82) is 0 Å². The molecule has 0 aliphatic heterocycles. The quantitative estimate of drug-likeness (QED) is 0.624. The minimum atomic E-state index is -0.584. The highest BCUT2D eigenvalue weighted by Gasteiger charge is 2.41. The van der Waals surface area contributed by atoms with Gasteiger partial charge in [-0.3, -0.25) is 4.79 Å². The Balaban J connectivity index is 1.49. The fraction of sp³-hybridized carbons (Fsp3) is 0.300. The maximum Gasteiger partial charge on any atom is 0.253 e. The number of hydrogen-bond acceptors (Lipinski definition) is 6. The number of nitrogens with zero attached hydrogens (tertiary/aromatic N) is 3. The van der Waals surface area contributed by atoms with Crippen LogP contribution in [0.2, 0.25) is 0 Å². The molecule has 1 N–H and O–H groups in total. The molecular formula is C20H19BrN4O3. The molecule has 3 aromatic rings. The standard InChI is InChI=1S/C20H19BrN4O3/c1-13-23-19(25-28-13)20(10-4-5-11-20)24-18(26)14-8-9-17(22-12-14)27-16-7-3-2-6-15(16)21/h2-3,6-9,12H,4-5,10-11H2,1H3,(H,24,26). The number of amides is 1. The van der Waals surface area contributed by atoms with Gasteiger partial charge in [-0.2, -0.15) is 4.98 Å². The third-order valence-corrected chi connectivity index (χ3v) is 5.47. The number of carbonyl (C=O) groups is 1. The van der Waals surface area contributed by atoms with E-state index in [1.807, 2.05) is 24.3 Å². The number of carbonyl (C=O) groups excluding carboxylic acids is 1. The van der Waals surface area contributed by atoms with E-state index in [1.165, 1.54) is 6.20 Å². The summed E-state index contributed by atoms with van der Waals surface area (Å²) in [7, 11) is 0. The number of aryl methyl sites for hydroxylation is 1. The predicted octanol–water partition coefficient (Wildman–Crippen LogP) is 4.53. The first-order valence-electron chi connectivity index (χ1n) is 9.07. The van der Waals surface area contributed by atoms with Crippen molar-refractivity contribution in [1.82, 2.24) is 20.4 Å². The molecule has 28 heavy (non-hydrogen) atoms. The lowest BCUT2D eigenvalue weighted by Crippen LogP contribution is -2.44. The average molecular weight is 443 g/mol. The van der Waals surface area contributed by atoms with Gasteiger partial charge in [0.25, 0.3) is 5.91 Å². The summed E-state index contributed by atoms with van der Waals surface area (Å²) >= 11 is 3.43. The van der Waals surface area contributed by atoms with Crippen LogP contribution in [0.3, 0.4) is 0 Å². The molecule has 0 spiro atoms. The zero-order chi connectivity index (χ0) is 19.6. The van der Waals surface area contributed by atoms with E-state index in [4.69, 9.17) is 9.26 Å². The van der Waals surface area contributed by atoms with Crippen molar-refractivity contribution < 1.29 is 14.1 Å². The molecule has 1 saturated carbocycles. The number of ether oxygens (including phenoxy) is 1. The van der Waals surface area contributed by atoms with Crippen molar-refractivity contribution in [2.75, 3.05) is 0 Å². The van der Waals surface area contributed by atoms with Crippen molar-refractivity contribution in [3.05, 3.63) is 64.3 Å². The summed E-state index contributed by atoms with van der Waals surface area (Å²) < 4.78 is 11.7. The van der Waals surface area contributed by atoms with Gasteiger partial charge in [0, 0.05) is 19.2 Å². The molecule has 0 bridgehead atoms. The molecule has 1 fully saturated rings. The maximum atomic E-state index is 12.8. The van der Waals surface area contributed by atoms with Gasteiger partial charge < -0.3 is 14.6 Å². The Morgan fingerprint density at radius 1 is 1.21 bits per heavy atom. The Kier molecular flexibility index (Phi) is 5.13. The Morgan fingerprint density at radius 2 is 2.00 bits per heavy atom. The van der Waals surface area contributed by atoms with Crippen LogP contribution in [-0.4, -0.2) is 21.0 Å². The lowest BCUT2D eigenvalue weighted by Gasteiger charge is -2.26. The third kappa shape index (κ3) is 3.77. The Bertz CT molecular complexity index is 981. The molecule has 1 aliphatic rings. The summed E-state index contributed by atoms with van der Waals surface area (Å²) in [4.78, 5) is 21.4. The average Bonchev–Trinajstić information content (AvgIpc) is 3.34. The molecule has 4 rings (SSSR count). The molecule has 0 atom stereocenters. The van der Waals surface area contributed by atoms with E-state index < -0.39 is 5.54 Å². The molecule has 1 aromatic carbocycles. The van der Waals surface area contributed by atoms with E-state index in [0.717, 1.165) is 30.2 Å². The maximum absolute atomic E-state index is 12.8. The Hall–Kier alpha value is -2.74. The van der Waals surface area contributed by atoms with E-state index in [2.05, 4.69) is 36.4 Å². The Morgan fingerprint density at radius 3 is 2.64 bits per heavy atom. The Labute approximate surface area is 170 Å². The molecule has 2 aromatic heterocycles. The van der Waals surface area contributed by atoms with Gasteiger partial charge in [0.05, 0.1) is 10.0 Å². The highest BCUT2D eigenvalue weighted by Crippen LogP contribution is 2.37. The lowest BCUT2D eigenvalue weighted by atomic mass is 9.96. The van der Waals surface area contributed by atoms with Gasteiger partial charge in [-0.25, -0.2) is 4.98 Å². The summed E-state index contributed by atoms with van der Waals surface area (Å²) in [5.41, 5.74) is -0.134. The molecule has 2 heterocycles. The number of aromatic nitrogens is 3. The molecular weight excluding hydrogens is 424 g/mol. The topological polar surface area (TPSA) is 90.1 Å². The fourth-order valence-corrected chi connectivity index (χ4v) is 3.75. The monoisotopic (exact) mass is 442 g/mol. The van der Waals surface area contributed by atoms with E-state index in [0.29, 0.717) is 28.9 Å². The van der Waals surface area contributed by atoms with Gasteiger partial charge >= 0.3 is 0 Å². The summed E-state index contributed by atoms with van der Waals surface area (Å²) in [6.07, 6.45) is 5.09. The molecule has 1 aliphatic carbocycles. The smallest absolute Gasteiger partial charge is 0.253 e. The predicted molar refractivity (Wildman–Crippen MR) is 105 cm³/mol. The first kappa shape index (κ1) is 18.6. The van der Waals surface area contributed by atoms with Crippen LogP contribution in [0.4, 0.5) is 0 Å². The molecule has 144 valence electrons. The van der Waals surface area contributed by atoms with Crippen LogP contribution in [0.5, 0.6) is 11.6 Å². The van der Waals surface area contributed by atoms with Gasteiger partial charge in [0.1, 0.15) is 11.3 Å². The fourth-order valence-electron chi connectivity index (χ4n) is 3.38. The number of pyridine rings is 1. The summed E-state index contributed by atoms with van der Waals surface area (Å²) in [6, 6.07) is 10.9. The number of hydrogen-bond donors (Lipinski definition) is 1. The first-order valence-corrected chi connectivity index (χ1v) is 9.87. The third-order valence-electron chi connectivity index (χ3n) is 4.82. The lowest BCUT2D eigenvalue weighted by molar-refractivity contribution is 0.0891. The van der Waals surface area contributed by atoms with Crippen molar-refractivity contribution >= 4 is 21.8 Å². The number of para-hydroxylation sites is 1. The van der Waals surface area contributed by atoms with Crippen LogP contribution in [0, 0.1) is 6.92 Å². The highest BCUT2D eigenvalue weighted by atomic mass is 79.9. The normalized spacial score (nSPS) is 15.4. The number of rotatable bonds is 5. The second kappa shape index (κ2) is 7.71. The van der Waals surface area contributed by atoms with Gasteiger partial charge in [0.15, 0.2) is 5.82 Å². The minimum Gasteiger partial charge on any atom is -0.438 e. The van der Waals surface area contributed by atoms with Gasteiger partial charge in [-0.1, -0.05) is 30.1 Å². The molecule has 7 nitrogen and oxygen atoms in total. The second-order valence-electron chi connectivity index (χ2n) is 6.80. The molecule has 8 heteroatoms. The minimum absolute atomic E-state index is 0.218. The molecule has 1 amide bonds. The first-order chi connectivity index (χ1) is 13.6. The molecule has 0 saturated heterocycles. The largest absolute Gasteiger partial charge is 0.438 e. The summed E-state index contributed by atoms with van der Waals surface area (Å²) in [5, 5.41) is 7.15. The van der Waals surface area contributed by atoms with Crippen molar-refractivity contribution in [3.8, 4) is 11.6 Å². The van der Waals surface area contributed by atoms with E-state index in [-0.39, 0.29) is 5.91 Å². The van der Waals surface area contributed by atoms with E-state index >= 15 is 0 Å². The van der Waals surface area contributed by atoms with Crippen LogP contribution in [0.15, 0.2) is 51.6 Å². The number of halogens is 1. The van der Waals surface area contributed by atoms with Crippen LogP contribution in [0.25, 0.3) is 0 Å². The number of nitrogens with one attached hydrogen (secondary N) is 1. The van der Waals surface area contributed by atoms with Crippen LogP contribution in [0.1, 0.15) is 47.8 Å². The molecule has 0 radical (unpaired) electrons. The van der Waals surface area contributed by atoms with Crippen LogP contribution < -0.4 is 10.1 Å². The van der Waals surface area contributed by atoms with Crippen molar-refractivity contribution in [2.45, 2.75) is 38.1 Å². The molecule has 0 unspecified atom stereocenters. The van der Waals surface area contributed by atoms with Crippen molar-refractivity contribution in [2.24, 2.45) is 0 Å². The van der Waals surface area contributed by atoms with E-state index in [9.17, 15) is 4.79 Å².